The summed E-state index contributed by atoms with van der Waals surface area (Å²) in [5.41, 5.74) is 1.00. The third-order valence-corrected chi connectivity index (χ3v) is 4.93. The zero-order valence-electron chi connectivity index (χ0n) is 10.8. The molecule has 0 aliphatic carbocycles. The standard InChI is InChI=1S/C13H11FN2O4S/c14-8-1-3-9(4-2-8)16-11-5-6-21(19,20)7-10(11)12(15-16)13(17)18/h1-4H,5-7H2,(H,17,18). The van der Waals surface area contributed by atoms with Crippen LogP contribution in [0.4, 0.5) is 4.39 Å². The molecular formula is C13H11FN2O4S. The van der Waals surface area contributed by atoms with Crippen LogP contribution >= 0.6 is 0 Å². The van der Waals surface area contributed by atoms with Gasteiger partial charge < -0.3 is 5.11 Å². The highest BCUT2D eigenvalue weighted by Gasteiger charge is 2.31. The minimum absolute atomic E-state index is 0.0497. The number of rotatable bonds is 2. The fraction of sp³-hybridized carbons (Fsp3) is 0.231. The summed E-state index contributed by atoms with van der Waals surface area (Å²) in [5, 5.41) is 13.2. The van der Waals surface area contributed by atoms with E-state index in [0.29, 0.717) is 11.4 Å². The van der Waals surface area contributed by atoms with E-state index in [1.165, 1.54) is 28.9 Å². The average Bonchev–Trinajstić information content (AvgIpc) is 2.77. The average molecular weight is 310 g/mol. The van der Waals surface area contributed by atoms with Gasteiger partial charge >= 0.3 is 5.97 Å². The summed E-state index contributed by atoms with van der Waals surface area (Å²) in [6.45, 7) is 0. The molecule has 0 amide bonds. The van der Waals surface area contributed by atoms with Crippen molar-refractivity contribution in [2.24, 2.45) is 0 Å². The number of carboxylic acids is 1. The summed E-state index contributed by atoms with van der Waals surface area (Å²) in [6.07, 6.45) is 0.190. The number of aromatic nitrogens is 2. The van der Waals surface area contributed by atoms with Gasteiger partial charge in [-0.2, -0.15) is 5.10 Å². The molecule has 21 heavy (non-hydrogen) atoms. The van der Waals surface area contributed by atoms with E-state index < -0.39 is 21.6 Å². The van der Waals surface area contributed by atoms with Gasteiger partial charge in [0.2, 0.25) is 0 Å². The van der Waals surface area contributed by atoms with Gasteiger partial charge in [0, 0.05) is 12.0 Å². The fourth-order valence-electron chi connectivity index (χ4n) is 2.41. The molecular weight excluding hydrogens is 299 g/mol. The van der Waals surface area contributed by atoms with E-state index in [-0.39, 0.29) is 29.2 Å². The number of hydrogen-bond acceptors (Lipinski definition) is 4. The summed E-state index contributed by atoms with van der Waals surface area (Å²) in [6, 6.07) is 5.42. The van der Waals surface area contributed by atoms with Crippen LogP contribution in [0.5, 0.6) is 0 Å². The van der Waals surface area contributed by atoms with Crippen molar-refractivity contribution in [1.82, 2.24) is 9.78 Å². The van der Waals surface area contributed by atoms with Crippen LogP contribution in [0.1, 0.15) is 21.7 Å². The van der Waals surface area contributed by atoms with Crippen molar-refractivity contribution in [1.29, 1.82) is 0 Å². The molecule has 0 atom stereocenters. The number of carboxylic acid groups (broad SMARTS) is 1. The Balaban J connectivity index is 2.20. The summed E-state index contributed by atoms with van der Waals surface area (Å²) in [7, 11) is -3.30. The minimum Gasteiger partial charge on any atom is -0.476 e. The zero-order chi connectivity index (χ0) is 15.2. The quantitative estimate of drug-likeness (QED) is 0.899. The number of hydrogen-bond donors (Lipinski definition) is 1. The first kappa shape index (κ1) is 13.7. The lowest BCUT2D eigenvalue weighted by Crippen LogP contribution is -2.21. The number of sulfone groups is 1. The number of aromatic carboxylic acids is 1. The first-order valence-corrected chi connectivity index (χ1v) is 8.00. The lowest BCUT2D eigenvalue weighted by Gasteiger charge is -2.14. The van der Waals surface area contributed by atoms with Crippen LogP contribution in [-0.4, -0.2) is 35.0 Å². The molecule has 0 saturated heterocycles. The molecule has 0 unspecified atom stereocenters. The molecule has 0 saturated carbocycles. The van der Waals surface area contributed by atoms with E-state index in [1.807, 2.05) is 0 Å². The summed E-state index contributed by atoms with van der Waals surface area (Å²) >= 11 is 0. The van der Waals surface area contributed by atoms with Crippen molar-refractivity contribution in [3.63, 3.8) is 0 Å². The van der Waals surface area contributed by atoms with Crippen molar-refractivity contribution in [3.8, 4) is 5.69 Å². The maximum Gasteiger partial charge on any atom is 0.356 e. The van der Waals surface area contributed by atoms with Crippen molar-refractivity contribution in [2.75, 3.05) is 5.75 Å². The molecule has 110 valence electrons. The summed E-state index contributed by atoms with van der Waals surface area (Å²) in [5.74, 6) is -2.07. The van der Waals surface area contributed by atoms with E-state index in [0.717, 1.165) is 0 Å². The Labute approximate surface area is 119 Å². The fourth-order valence-corrected chi connectivity index (χ4v) is 3.80. The molecule has 3 rings (SSSR count). The highest BCUT2D eigenvalue weighted by Crippen LogP contribution is 2.26. The van der Waals surface area contributed by atoms with E-state index in [9.17, 15) is 22.7 Å². The molecule has 2 heterocycles. The van der Waals surface area contributed by atoms with Gasteiger partial charge in [0.1, 0.15) is 5.82 Å². The summed E-state index contributed by atoms with van der Waals surface area (Å²) in [4.78, 5) is 11.3. The normalized spacial score (nSPS) is 16.4. The third-order valence-electron chi connectivity index (χ3n) is 3.38. The van der Waals surface area contributed by atoms with Gasteiger partial charge in [-0.25, -0.2) is 22.3 Å². The monoisotopic (exact) mass is 310 g/mol. The minimum atomic E-state index is -3.30. The van der Waals surface area contributed by atoms with Crippen LogP contribution in [-0.2, 0) is 22.0 Å². The highest BCUT2D eigenvalue weighted by atomic mass is 32.2. The smallest absolute Gasteiger partial charge is 0.356 e. The molecule has 0 bridgehead atoms. The van der Waals surface area contributed by atoms with Crippen molar-refractivity contribution >= 4 is 15.8 Å². The molecule has 1 aromatic carbocycles. The second-order valence-corrected chi connectivity index (χ2v) is 6.99. The van der Waals surface area contributed by atoms with Gasteiger partial charge in [-0.05, 0) is 24.3 Å². The van der Waals surface area contributed by atoms with Gasteiger partial charge in [0.25, 0.3) is 0 Å². The van der Waals surface area contributed by atoms with Crippen LogP contribution in [0.3, 0.4) is 0 Å². The van der Waals surface area contributed by atoms with Gasteiger partial charge in [-0.15, -0.1) is 0 Å². The molecule has 2 aromatic rings. The van der Waals surface area contributed by atoms with E-state index in [4.69, 9.17) is 0 Å². The number of halogens is 1. The second kappa shape index (κ2) is 4.66. The predicted octanol–water partition coefficient (Wildman–Crippen LogP) is 1.18. The molecule has 0 fully saturated rings. The van der Waals surface area contributed by atoms with Crippen LogP contribution < -0.4 is 0 Å². The van der Waals surface area contributed by atoms with E-state index >= 15 is 0 Å². The number of fused-ring (bicyclic) bond motifs is 1. The molecule has 1 aliphatic rings. The Morgan fingerprint density at radius 1 is 1.29 bits per heavy atom. The molecule has 1 aromatic heterocycles. The third kappa shape index (κ3) is 2.42. The Morgan fingerprint density at radius 2 is 1.95 bits per heavy atom. The van der Waals surface area contributed by atoms with Gasteiger partial charge in [-0.1, -0.05) is 0 Å². The first-order valence-electron chi connectivity index (χ1n) is 6.18. The Bertz CT molecular complexity index is 825. The topological polar surface area (TPSA) is 89.3 Å². The maximum atomic E-state index is 13.0. The van der Waals surface area contributed by atoms with Crippen molar-refractivity contribution in [3.05, 3.63) is 47.0 Å². The zero-order valence-corrected chi connectivity index (χ0v) is 11.6. The molecule has 1 N–H and O–H groups in total. The van der Waals surface area contributed by atoms with Crippen molar-refractivity contribution < 1.29 is 22.7 Å². The predicted molar refractivity (Wildman–Crippen MR) is 71.7 cm³/mol. The first-order chi connectivity index (χ1) is 9.87. The van der Waals surface area contributed by atoms with Gasteiger partial charge in [0.15, 0.2) is 15.5 Å². The van der Waals surface area contributed by atoms with E-state index in [1.54, 1.807) is 0 Å². The van der Waals surface area contributed by atoms with Gasteiger partial charge in [-0.3, -0.25) is 0 Å². The highest BCUT2D eigenvalue weighted by molar-refractivity contribution is 7.90. The van der Waals surface area contributed by atoms with Crippen molar-refractivity contribution in [2.45, 2.75) is 12.2 Å². The van der Waals surface area contributed by atoms with Crippen LogP contribution in [0, 0.1) is 5.82 Å². The molecule has 6 nitrogen and oxygen atoms in total. The largest absolute Gasteiger partial charge is 0.476 e. The number of nitrogens with zero attached hydrogens (tertiary/aromatic N) is 2. The Hall–Kier alpha value is -2.22. The molecule has 0 radical (unpaired) electrons. The van der Waals surface area contributed by atoms with E-state index in [2.05, 4.69) is 5.10 Å². The van der Waals surface area contributed by atoms with Crippen LogP contribution in [0.15, 0.2) is 24.3 Å². The SMILES string of the molecule is O=C(O)c1nn(-c2ccc(F)cc2)c2c1CS(=O)(=O)CC2. The number of carbonyl (C=O) groups is 1. The molecule has 0 spiro atoms. The number of benzene rings is 1. The Morgan fingerprint density at radius 3 is 2.57 bits per heavy atom. The van der Waals surface area contributed by atoms with Crippen LogP contribution in [0.2, 0.25) is 0 Å². The Kier molecular flexibility index (Phi) is 3.05. The van der Waals surface area contributed by atoms with Crippen LogP contribution in [0.25, 0.3) is 5.69 Å². The van der Waals surface area contributed by atoms with Gasteiger partial charge in [0.05, 0.1) is 22.9 Å². The molecule has 8 heteroatoms. The molecule has 1 aliphatic heterocycles. The lowest BCUT2D eigenvalue weighted by atomic mass is 10.1. The lowest BCUT2D eigenvalue weighted by molar-refractivity contribution is 0.0689. The second-order valence-electron chi connectivity index (χ2n) is 4.81. The maximum absolute atomic E-state index is 13.0. The summed E-state index contributed by atoms with van der Waals surface area (Å²) < 4.78 is 37.8.